The Morgan fingerprint density at radius 2 is 2.03 bits per heavy atom. The second kappa shape index (κ2) is 9.45. The van der Waals surface area contributed by atoms with Crippen LogP contribution in [-0.2, 0) is 0 Å². The number of benzene rings is 1. The van der Waals surface area contributed by atoms with E-state index in [-0.39, 0.29) is 23.7 Å². The number of nitrogens with one attached hydrogen (secondary N) is 2. The van der Waals surface area contributed by atoms with E-state index in [4.69, 9.17) is 4.74 Å². The molecule has 1 amide bonds. The summed E-state index contributed by atoms with van der Waals surface area (Å²) in [7, 11) is 0. The van der Waals surface area contributed by atoms with Gasteiger partial charge in [-0.15, -0.1) is 10.2 Å². The molecule has 5 aromatic rings. The van der Waals surface area contributed by atoms with Crippen LogP contribution in [0.1, 0.15) is 42.0 Å². The predicted octanol–water partition coefficient (Wildman–Crippen LogP) is 4.42. The molecule has 0 aliphatic heterocycles. The van der Waals surface area contributed by atoms with Gasteiger partial charge in [-0.2, -0.15) is 0 Å². The van der Waals surface area contributed by atoms with Crippen molar-refractivity contribution >= 4 is 16.8 Å². The van der Waals surface area contributed by atoms with Crippen LogP contribution < -0.4 is 10.1 Å². The maximum atomic E-state index is 14.9. The lowest BCUT2D eigenvalue weighted by atomic mass is 9.79. The maximum absolute atomic E-state index is 14.9. The van der Waals surface area contributed by atoms with Gasteiger partial charge in [-0.3, -0.25) is 14.3 Å². The Morgan fingerprint density at radius 1 is 1.16 bits per heavy atom. The van der Waals surface area contributed by atoms with E-state index in [0.717, 1.165) is 10.9 Å². The van der Waals surface area contributed by atoms with Crippen molar-refractivity contribution in [1.82, 2.24) is 35.0 Å². The number of halogens is 1. The third-order valence-electron chi connectivity index (χ3n) is 6.56. The molecule has 9 nitrogen and oxygen atoms in total. The van der Waals surface area contributed by atoms with Crippen LogP contribution in [0.3, 0.4) is 0 Å². The Balaban J connectivity index is 1.24. The number of para-hydroxylation sites is 1. The number of rotatable bonds is 7. The summed E-state index contributed by atoms with van der Waals surface area (Å²) in [6, 6.07) is 13.7. The zero-order valence-corrected chi connectivity index (χ0v) is 20.1. The largest absolute Gasteiger partial charge is 0.492 e. The van der Waals surface area contributed by atoms with Gasteiger partial charge in [0, 0.05) is 35.3 Å². The summed E-state index contributed by atoms with van der Waals surface area (Å²) in [4.78, 5) is 24.5. The SMILES string of the molecule is CCOc1ccc(-c2nnc([C@H]3C[C@H](NC(=O)c4cc5cnccc5[nH]4)C3)n2-c2ccccc2F)nc1. The van der Waals surface area contributed by atoms with Crippen molar-refractivity contribution in [1.29, 1.82) is 0 Å². The highest BCUT2D eigenvalue weighted by atomic mass is 19.1. The molecule has 1 fully saturated rings. The monoisotopic (exact) mass is 497 g/mol. The number of aromatic amines is 1. The number of hydrogen-bond donors (Lipinski definition) is 2. The third-order valence-corrected chi connectivity index (χ3v) is 6.56. The first-order chi connectivity index (χ1) is 18.1. The maximum Gasteiger partial charge on any atom is 0.267 e. The fraction of sp³-hybridized carbons (Fsp3) is 0.222. The second-order valence-electron chi connectivity index (χ2n) is 8.97. The number of amides is 1. The van der Waals surface area contributed by atoms with Crippen LogP contribution in [-0.4, -0.2) is 48.3 Å². The average Bonchev–Trinajstić information content (AvgIpc) is 3.52. The van der Waals surface area contributed by atoms with Gasteiger partial charge in [-0.05, 0) is 56.2 Å². The molecule has 4 aromatic heterocycles. The molecule has 0 saturated heterocycles. The number of carbonyl (C=O) groups is 1. The molecule has 6 rings (SSSR count). The fourth-order valence-corrected chi connectivity index (χ4v) is 4.67. The normalized spacial score (nSPS) is 16.9. The summed E-state index contributed by atoms with van der Waals surface area (Å²) >= 11 is 0. The summed E-state index contributed by atoms with van der Waals surface area (Å²) < 4.78 is 22.1. The van der Waals surface area contributed by atoms with Gasteiger partial charge < -0.3 is 15.0 Å². The fourth-order valence-electron chi connectivity index (χ4n) is 4.67. The van der Waals surface area contributed by atoms with Crippen LogP contribution >= 0.6 is 0 Å². The first kappa shape index (κ1) is 22.8. The van der Waals surface area contributed by atoms with Crippen molar-refractivity contribution in [2.45, 2.75) is 31.7 Å². The Morgan fingerprint density at radius 3 is 2.78 bits per heavy atom. The van der Waals surface area contributed by atoms with E-state index in [1.54, 1.807) is 59.6 Å². The third kappa shape index (κ3) is 4.31. The van der Waals surface area contributed by atoms with Gasteiger partial charge >= 0.3 is 0 Å². The summed E-state index contributed by atoms with van der Waals surface area (Å²) in [6.45, 7) is 2.44. The number of pyridine rings is 2. The van der Waals surface area contributed by atoms with Crippen molar-refractivity contribution < 1.29 is 13.9 Å². The lowest BCUT2D eigenvalue weighted by Gasteiger charge is -2.35. The Labute approximate surface area is 211 Å². The minimum atomic E-state index is -0.381. The van der Waals surface area contributed by atoms with E-state index in [9.17, 15) is 9.18 Å². The average molecular weight is 498 g/mol. The minimum absolute atomic E-state index is 0.000711. The molecule has 37 heavy (non-hydrogen) atoms. The van der Waals surface area contributed by atoms with Crippen molar-refractivity contribution in [2.75, 3.05) is 6.61 Å². The molecule has 0 bridgehead atoms. The highest BCUT2D eigenvalue weighted by Crippen LogP contribution is 2.39. The van der Waals surface area contributed by atoms with Gasteiger partial charge in [0.1, 0.15) is 28.8 Å². The Hall–Kier alpha value is -4.60. The van der Waals surface area contributed by atoms with Crippen LogP contribution in [0.2, 0.25) is 0 Å². The topological polar surface area (TPSA) is 111 Å². The minimum Gasteiger partial charge on any atom is -0.492 e. The highest BCUT2D eigenvalue weighted by molar-refractivity contribution is 5.98. The van der Waals surface area contributed by atoms with Gasteiger partial charge in [0.25, 0.3) is 5.91 Å². The molecule has 1 aliphatic rings. The highest BCUT2D eigenvalue weighted by Gasteiger charge is 2.36. The predicted molar refractivity (Wildman–Crippen MR) is 135 cm³/mol. The van der Waals surface area contributed by atoms with Gasteiger partial charge in [-0.1, -0.05) is 12.1 Å². The lowest BCUT2D eigenvalue weighted by Crippen LogP contribution is -2.44. The smallest absolute Gasteiger partial charge is 0.267 e. The van der Waals surface area contributed by atoms with E-state index in [1.807, 2.05) is 13.0 Å². The molecule has 1 aromatic carbocycles. The Kier molecular flexibility index (Phi) is 5.84. The number of H-pyrrole nitrogens is 1. The number of aromatic nitrogens is 6. The van der Waals surface area contributed by atoms with Gasteiger partial charge in [0.2, 0.25) is 0 Å². The van der Waals surface area contributed by atoms with Gasteiger partial charge in [0.15, 0.2) is 5.82 Å². The second-order valence-corrected chi connectivity index (χ2v) is 8.97. The number of carbonyl (C=O) groups excluding carboxylic acids is 1. The van der Waals surface area contributed by atoms with E-state index in [2.05, 4.69) is 30.5 Å². The standard InChI is InChI=1S/C27H24FN7O2/c1-2-37-19-7-8-22(30-15-19)26-34-33-25(35(26)24-6-4-3-5-20(24)28)16-11-18(12-16)31-27(36)23-13-17-14-29-10-9-21(17)32-23/h3-10,13-16,18,32H,2,11-12H2,1H3,(H,31,36)/t16-,18-. The number of hydrogen-bond acceptors (Lipinski definition) is 6. The van der Waals surface area contributed by atoms with E-state index >= 15 is 0 Å². The molecule has 1 aliphatic carbocycles. The van der Waals surface area contributed by atoms with E-state index < -0.39 is 0 Å². The Bertz CT molecular complexity index is 1540. The molecule has 10 heteroatoms. The molecular formula is C27H24FN7O2. The van der Waals surface area contributed by atoms with Crippen molar-refractivity contribution in [3.05, 3.63) is 84.5 Å². The molecule has 4 heterocycles. The summed E-state index contributed by atoms with van der Waals surface area (Å²) in [5.74, 6) is 1.18. The zero-order valence-electron chi connectivity index (χ0n) is 20.1. The summed E-state index contributed by atoms with van der Waals surface area (Å²) in [5, 5.41) is 12.8. The molecule has 0 unspecified atom stereocenters. The van der Waals surface area contributed by atoms with Crippen LogP contribution in [0.4, 0.5) is 4.39 Å². The quantitative estimate of drug-likeness (QED) is 0.344. The van der Waals surface area contributed by atoms with Gasteiger partial charge in [-0.25, -0.2) is 9.37 Å². The first-order valence-electron chi connectivity index (χ1n) is 12.1. The van der Waals surface area contributed by atoms with Crippen molar-refractivity contribution in [3.63, 3.8) is 0 Å². The molecular weight excluding hydrogens is 473 g/mol. The number of nitrogens with zero attached hydrogens (tertiary/aromatic N) is 5. The van der Waals surface area contributed by atoms with Crippen molar-refractivity contribution in [3.8, 4) is 23.0 Å². The number of ether oxygens (including phenoxy) is 1. The molecule has 0 atom stereocenters. The summed E-state index contributed by atoms with van der Waals surface area (Å²) in [6.07, 6.45) is 6.34. The first-order valence-corrected chi connectivity index (χ1v) is 12.1. The molecule has 2 N–H and O–H groups in total. The van der Waals surface area contributed by atoms with E-state index in [1.165, 1.54) is 6.07 Å². The van der Waals surface area contributed by atoms with Crippen molar-refractivity contribution in [2.24, 2.45) is 0 Å². The van der Waals surface area contributed by atoms with Gasteiger partial charge in [0.05, 0.1) is 18.5 Å². The van der Waals surface area contributed by atoms with E-state index in [0.29, 0.717) is 53.9 Å². The molecule has 186 valence electrons. The van der Waals surface area contributed by atoms with Crippen LogP contribution in [0.25, 0.3) is 28.1 Å². The summed E-state index contributed by atoms with van der Waals surface area (Å²) in [5.41, 5.74) is 2.26. The molecule has 0 spiro atoms. The van der Waals surface area contributed by atoms with Crippen LogP contribution in [0.5, 0.6) is 5.75 Å². The number of fused-ring (bicyclic) bond motifs is 1. The molecule has 0 radical (unpaired) electrons. The van der Waals surface area contributed by atoms with Crippen LogP contribution in [0, 0.1) is 5.82 Å². The molecule has 1 saturated carbocycles. The van der Waals surface area contributed by atoms with Crippen LogP contribution in [0.15, 0.2) is 67.1 Å². The lowest BCUT2D eigenvalue weighted by molar-refractivity contribution is 0.0903. The zero-order chi connectivity index (χ0) is 25.4.